The summed E-state index contributed by atoms with van der Waals surface area (Å²) in [5, 5.41) is 11.1. The number of halogens is 1. The largest absolute Gasteiger partial charge is 0.390 e. The van der Waals surface area contributed by atoms with Crippen molar-refractivity contribution in [3.05, 3.63) is 65.0 Å². The Morgan fingerprint density at radius 3 is 2.33 bits per heavy atom. The molecular formula is C21H26ClN3O2. The maximum Gasteiger partial charge on any atom is 0.261 e. The Bertz CT molecular complexity index is 924. The molecule has 0 radical (unpaired) electrons. The van der Waals surface area contributed by atoms with Gasteiger partial charge in [-0.15, -0.1) is 12.4 Å². The van der Waals surface area contributed by atoms with Crippen LogP contribution in [0.25, 0.3) is 22.3 Å². The molecule has 0 saturated carbocycles. The molecule has 1 atom stereocenters. The Kier molecular flexibility index (Phi) is 7.54. The number of aliphatic hydroxyl groups excluding tert-OH is 1. The summed E-state index contributed by atoms with van der Waals surface area (Å²) >= 11 is 0. The molecule has 0 saturated heterocycles. The lowest BCUT2D eigenvalue weighted by Gasteiger charge is -2.23. The predicted molar refractivity (Wildman–Crippen MR) is 112 cm³/mol. The fourth-order valence-corrected chi connectivity index (χ4v) is 3.19. The lowest BCUT2D eigenvalue weighted by atomic mass is 10.1. The van der Waals surface area contributed by atoms with Gasteiger partial charge in [-0.2, -0.15) is 0 Å². The number of aromatic nitrogens is 2. The summed E-state index contributed by atoms with van der Waals surface area (Å²) in [7, 11) is 0. The van der Waals surface area contributed by atoms with Crippen molar-refractivity contribution in [2.45, 2.75) is 26.5 Å². The Morgan fingerprint density at radius 2 is 1.67 bits per heavy atom. The van der Waals surface area contributed by atoms with Crippen LogP contribution in [0.15, 0.2) is 59.4 Å². The summed E-state index contributed by atoms with van der Waals surface area (Å²) < 4.78 is 1.60. The van der Waals surface area contributed by atoms with E-state index in [1.54, 1.807) is 10.6 Å². The fourth-order valence-electron chi connectivity index (χ4n) is 3.19. The summed E-state index contributed by atoms with van der Waals surface area (Å²) in [4.78, 5) is 19.9. The van der Waals surface area contributed by atoms with E-state index >= 15 is 0 Å². The van der Waals surface area contributed by atoms with E-state index in [-0.39, 0.29) is 24.5 Å². The van der Waals surface area contributed by atoms with Crippen molar-refractivity contribution >= 4 is 23.3 Å². The van der Waals surface area contributed by atoms with E-state index in [4.69, 9.17) is 4.98 Å². The number of fused-ring (bicyclic) bond motifs is 1. The highest BCUT2D eigenvalue weighted by Crippen LogP contribution is 2.19. The SMILES string of the molecule is CCN(CC)CC(O)Cn1c(-c2ccccc2)nc2ccccc2c1=O.Cl. The standard InChI is InChI=1S/C21H25N3O2.ClH/c1-3-23(4-2)14-17(25)15-24-20(16-10-6-5-7-11-16)22-19-13-9-8-12-18(19)21(24)26;/h5-13,17,25H,3-4,14-15H2,1-2H3;1H. The minimum Gasteiger partial charge on any atom is -0.390 e. The molecule has 3 rings (SSSR count). The molecule has 2 aromatic carbocycles. The molecule has 0 aliphatic rings. The zero-order valence-corrected chi connectivity index (χ0v) is 16.5. The molecule has 5 nitrogen and oxygen atoms in total. The molecule has 144 valence electrons. The van der Waals surface area contributed by atoms with Gasteiger partial charge in [-0.05, 0) is 25.2 Å². The van der Waals surface area contributed by atoms with Gasteiger partial charge >= 0.3 is 0 Å². The van der Waals surface area contributed by atoms with E-state index in [2.05, 4.69) is 18.7 Å². The minimum absolute atomic E-state index is 0. The van der Waals surface area contributed by atoms with Crippen LogP contribution < -0.4 is 5.56 Å². The number of likely N-dealkylation sites (N-methyl/N-ethyl adjacent to an activating group) is 1. The van der Waals surface area contributed by atoms with Gasteiger partial charge in [0, 0.05) is 12.1 Å². The van der Waals surface area contributed by atoms with E-state index in [0.29, 0.717) is 23.3 Å². The van der Waals surface area contributed by atoms with Crippen molar-refractivity contribution in [2.75, 3.05) is 19.6 Å². The second-order valence-electron chi connectivity index (χ2n) is 6.37. The fraction of sp³-hybridized carbons (Fsp3) is 0.333. The number of rotatable bonds is 7. The number of nitrogens with zero attached hydrogens (tertiary/aromatic N) is 3. The van der Waals surface area contributed by atoms with E-state index in [1.165, 1.54) is 0 Å². The number of para-hydroxylation sites is 1. The van der Waals surface area contributed by atoms with Gasteiger partial charge in [-0.1, -0.05) is 56.3 Å². The van der Waals surface area contributed by atoms with E-state index < -0.39 is 6.10 Å². The zero-order valence-electron chi connectivity index (χ0n) is 15.7. The lowest BCUT2D eigenvalue weighted by molar-refractivity contribution is 0.102. The first kappa shape index (κ1) is 21.1. The molecule has 1 N–H and O–H groups in total. The van der Waals surface area contributed by atoms with Gasteiger partial charge in [-0.3, -0.25) is 9.36 Å². The van der Waals surface area contributed by atoms with Gasteiger partial charge in [0.15, 0.2) is 0 Å². The smallest absolute Gasteiger partial charge is 0.261 e. The molecule has 6 heteroatoms. The third-order valence-corrected chi connectivity index (χ3v) is 4.65. The molecule has 0 aliphatic carbocycles. The molecule has 1 unspecified atom stereocenters. The predicted octanol–water partition coefficient (Wildman–Crippen LogP) is 3.19. The van der Waals surface area contributed by atoms with E-state index in [0.717, 1.165) is 18.7 Å². The Labute approximate surface area is 165 Å². The Morgan fingerprint density at radius 1 is 1.04 bits per heavy atom. The lowest BCUT2D eigenvalue weighted by Crippen LogP contribution is -2.37. The number of hydrogen-bond donors (Lipinski definition) is 1. The highest BCUT2D eigenvalue weighted by molar-refractivity contribution is 5.85. The Hall–Kier alpha value is -2.21. The van der Waals surface area contributed by atoms with Crippen LogP contribution in [-0.4, -0.2) is 45.3 Å². The highest BCUT2D eigenvalue weighted by atomic mass is 35.5. The number of hydrogen-bond acceptors (Lipinski definition) is 4. The molecule has 0 bridgehead atoms. The molecule has 0 spiro atoms. The average molecular weight is 388 g/mol. The van der Waals surface area contributed by atoms with Crippen LogP contribution in [0.4, 0.5) is 0 Å². The van der Waals surface area contributed by atoms with Crippen molar-refractivity contribution < 1.29 is 5.11 Å². The maximum atomic E-state index is 13.1. The average Bonchev–Trinajstić information content (AvgIpc) is 2.69. The third-order valence-electron chi connectivity index (χ3n) is 4.65. The third kappa shape index (κ3) is 4.75. The monoisotopic (exact) mass is 387 g/mol. The molecule has 3 aromatic rings. The van der Waals surface area contributed by atoms with Crippen molar-refractivity contribution in [1.82, 2.24) is 14.5 Å². The van der Waals surface area contributed by atoms with Crippen LogP contribution in [0.1, 0.15) is 13.8 Å². The van der Waals surface area contributed by atoms with Crippen LogP contribution >= 0.6 is 12.4 Å². The summed E-state index contributed by atoms with van der Waals surface area (Å²) in [5.41, 5.74) is 1.42. The van der Waals surface area contributed by atoms with E-state index in [9.17, 15) is 9.90 Å². The van der Waals surface area contributed by atoms with Gasteiger partial charge in [0.1, 0.15) is 5.82 Å². The second-order valence-corrected chi connectivity index (χ2v) is 6.37. The van der Waals surface area contributed by atoms with Crippen LogP contribution in [0, 0.1) is 0 Å². The van der Waals surface area contributed by atoms with Crippen LogP contribution in [0.2, 0.25) is 0 Å². The quantitative estimate of drug-likeness (QED) is 0.676. The summed E-state index contributed by atoms with van der Waals surface area (Å²) in [6.45, 7) is 6.61. The van der Waals surface area contributed by atoms with Crippen molar-refractivity contribution in [3.63, 3.8) is 0 Å². The van der Waals surface area contributed by atoms with Gasteiger partial charge in [-0.25, -0.2) is 4.98 Å². The molecule has 1 aromatic heterocycles. The molecule has 0 fully saturated rings. The summed E-state index contributed by atoms with van der Waals surface area (Å²) in [6, 6.07) is 17.0. The Balaban J connectivity index is 0.00000261. The second kappa shape index (κ2) is 9.65. The van der Waals surface area contributed by atoms with Gasteiger partial charge in [0.05, 0.1) is 23.6 Å². The van der Waals surface area contributed by atoms with Crippen LogP contribution in [0.3, 0.4) is 0 Å². The van der Waals surface area contributed by atoms with Crippen molar-refractivity contribution in [1.29, 1.82) is 0 Å². The number of benzene rings is 2. The summed E-state index contributed by atoms with van der Waals surface area (Å²) in [5.74, 6) is 0.591. The van der Waals surface area contributed by atoms with Crippen molar-refractivity contribution in [2.24, 2.45) is 0 Å². The van der Waals surface area contributed by atoms with Gasteiger partial charge in [0.2, 0.25) is 0 Å². The zero-order chi connectivity index (χ0) is 18.5. The first-order chi connectivity index (χ1) is 12.6. The first-order valence-electron chi connectivity index (χ1n) is 9.09. The first-order valence-corrected chi connectivity index (χ1v) is 9.09. The highest BCUT2D eigenvalue weighted by Gasteiger charge is 2.17. The molecule has 0 amide bonds. The molecule has 27 heavy (non-hydrogen) atoms. The summed E-state index contributed by atoms with van der Waals surface area (Å²) in [6.07, 6.45) is -0.641. The molecule has 1 heterocycles. The molecular weight excluding hydrogens is 362 g/mol. The van der Waals surface area contributed by atoms with Crippen LogP contribution in [-0.2, 0) is 6.54 Å². The maximum absolute atomic E-state index is 13.1. The number of aliphatic hydroxyl groups is 1. The van der Waals surface area contributed by atoms with E-state index in [1.807, 2.05) is 48.5 Å². The minimum atomic E-state index is -0.641. The normalized spacial score (nSPS) is 12.1. The van der Waals surface area contributed by atoms with Gasteiger partial charge < -0.3 is 10.0 Å². The molecule has 0 aliphatic heterocycles. The van der Waals surface area contributed by atoms with Gasteiger partial charge in [0.25, 0.3) is 5.56 Å². The van der Waals surface area contributed by atoms with Crippen molar-refractivity contribution in [3.8, 4) is 11.4 Å². The van der Waals surface area contributed by atoms with Crippen LogP contribution in [0.5, 0.6) is 0 Å². The topological polar surface area (TPSA) is 58.4 Å².